The molecule has 0 N–H and O–H groups in total. The summed E-state index contributed by atoms with van der Waals surface area (Å²) in [5, 5.41) is 0. The molecule has 0 aliphatic heterocycles. The first-order valence-electron chi connectivity index (χ1n) is 8.61. The highest BCUT2D eigenvalue weighted by atomic mass is 16.5. The number of carbonyl (C=O) groups excluding carboxylic acids is 1. The van der Waals surface area contributed by atoms with Gasteiger partial charge in [0.1, 0.15) is 0 Å². The van der Waals surface area contributed by atoms with E-state index in [2.05, 4.69) is 20.8 Å². The molecule has 4 fully saturated rings. The fraction of sp³-hybridized carbons (Fsp3) is 0.944. The molecule has 4 bridgehead atoms. The van der Waals surface area contributed by atoms with Gasteiger partial charge in [-0.25, -0.2) is 0 Å². The normalized spacial score (nSPS) is 48.6. The van der Waals surface area contributed by atoms with Crippen LogP contribution in [0, 0.1) is 46.8 Å². The van der Waals surface area contributed by atoms with Crippen molar-refractivity contribution in [2.45, 2.75) is 52.9 Å². The van der Waals surface area contributed by atoms with Gasteiger partial charge in [0.05, 0.1) is 12.5 Å². The van der Waals surface area contributed by atoms with Gasteiger partial charge in [-0.2, -0.15) is 0 Å². The van der Waals surface area contributed by atoms with Crippen LogP contribution in [0.15, 0.2) is 0 Å². The van der Waals surface area contributed by atoms with Gasteiger partial charge in [-0.15, -0.1) is 0 Å². The summed E-state index contributed by atoms with van der Waals surface area (Å²) >= 11 is 0. The van der Waals surface area contributed by atoms with E-state index in [-0.39, 0.29) is 17.3 Å². The summed E-state index contributed by atoms with van der Waals surface area (Å²) in [5.74, 6) is 5.74. The molecule has 0 saturated heterocycles. The summed E-state index contributed by atoms with van der Waals surface area (Å²) in [7, 11) is 0. The van der Waals surface area contributed by atoms with Crippen molar-refractivity contribution in [3.05, 3.63) is 0 Å². The van der Waals surface area contributed by atoms with E-state index in [0.29, 0.717) is 12.5 Å². The molecule has 0 amide bonds. The average molecular weight is 276 g/mol. The second kappa shape index (κ2) is 4.24. The predicted molar refractivity (Wildman–Crippen MR) is 77.9 cm³/mol. The van der Waals surface area contributed by atoms with Gasteiger partial charge in [-0.05, 0) is 73.0 Å². The van der Waals surface area contributed by atoms with E-state index in [4.69, 9.17) is 4.74 Å². The zero-order valence-electron chi connectivity index (χ0n) is 13.1. The number of ether oxygens (including phenoxy) is 1. The molecule has 0 aromatic rings. The third-order valence-corrected chi connectivity index (χ3v) is 6.68. The van der Waals surface area contributed by atoms with Gasteiger partial charge in [-0.1, -0.05) is 20.8 Å². The lowest BCUT2D eigenvalue weighted by molar-refractivity contribution is -0.154. The Morgan fingerprint density at radius 2 is 1.70 bits per heavy atom. The topological polar surface area (TPSA) is 26.3 Å². The van der Waals surface area contributed by atoms with Crippen molar-refractivity contribution >= 4 is 5.97 Å². The van der Waals surface area contributed by atoms with Crippen LogP contribution in [0.5, 0.6) is 0 Å². The number of carbonyl (C=O) groups is 1. The maximum atomic E-state index is 12.5. The fourth-order valence-corrected chi connectivity index (χ4v) is 6.23. The first-order valence-corrected chi connectivity index (χ1v) is 8.61. The Morgan fingerprint density at radius 1 is 1.00 bits per heavy atom. The van der Waals surface area contributed by atoms with Crippen molar-refractivity contribution in [3.63, 3.8) is 0 Å². The van der Waals surface area contributed by atoms with Crippen LogP contribution in [0.1, 0.15) is 52.9 Å². The Bertz CT molecular complexity index is 422. The minimum atomic E-state index is 0.0856. The molecule has 0 aromatic heterocycles. The molecular weight excluding hydrogens is 248 g/mol. The number of fused-ring (bicyclic) bond motifs is 9. The second-order valence-corrected chi connectivity index (χ2v) is 9.16. The van der Waals surface area contributed by atoms with Gasteiger partial charge in [0.2, 0.25) is 0 Å². The standard InChI is InChI=1S/C18H28O2/c1-18(2,3)9-20-17(19)14-8-12-7-13(14)16-11-5-4-10(6-11)15(12)16/h10-16H,4-9H2,1-3H3. The number of esters is 1. The van der Waals surface area contributed by atoms with Crippen LogP contribution in [-0.2, 0) is 9.53 Å². The SMILES string of the molecule is CC(C)(C)COC(=O)C1CC2CC1C1C3CCC(C3)C21. The van der Waals surface area contributed by atoms with Gasteiger partial charge in [0.25, 0.3) is 0 Å². The molecule has 2 nitrogen and oxygen atoms in total. The quantitative estimate of drug-likeness (QED) is 0.565. The summed E-state index contributed by atoms with van der Waals surface area (Å²) in [6, 6.07) is 0. The third kappa shape index (κ3) is 1.86. The molecule has 7 atom stereocenters. The average Bonchev–Trinajstić information content (AvgIpc) is 3.10. The van der Waals surface area contributed by atoms with Crippen LogP contribution in [0.2, 0.25) is 0 Å². The van der Waals surface area contributed by atoms with E-state index in [1.54, 1.807) is 0 Å². The molecule has 4 saturated carbocycles. The molecule has 4 aliphatic rings. The maximum absolute atomic E-state index is 12.5. The zero-order chi connectivity index (χ0) is 14.1. The lowest BCUT2D eigenvalue weighted by Crippen LogP contribution is -2.37. The third-order valence-electron chi connectivity index (χ3n) is 6.68. The van der Waals surface area contributed by atoms with E-state index in [1.807, 2.05) is 0 Å². The highest BCUT2D eigenvalue weighted by Gasteiger charge is 2.63. The minimum Gasteiger partial charge on any atom is -0.465 e. The number of hydrogen-bond donors (Lipinski definition) is 0. The maximum Gasteiger partial charge on any atom is 0.309 e. The Morgan fingerprint density at radius 3 is 2.40 bits per heavy atom. The summed E-state index contributed by atoms with van der Waals surface area (Å²) in [4.78, 5) is 12.5. The van der Waals surface area contributed by atoms with E-state index in [1.165, 1.54) is 25.7 Å². The molecular formula is C18H28O2. The molecule has 7 unspecified atom stereocenters. The highest BCUT2D eigenvalue weighted by molar-refractivity contribution is 5.73. The summed E-state index contributed by atoms with van der Waals surface area (Å²) in [6.45, 7) is 6.97. The molecule has 112 valence electrons. The van der Waals surface area contributed by atoms with Crippen molar-refractivity contribution < 1.29 is 9.53 Å². The number of hydrogen-bond acceptors (Lipinski definition) is 2. The smallest absolute Gasteiger partial charge is 0.309 e. The van der Waals surface area contributed by atoms with E-state index in [9.17, 15) is 4.79 Å². The van der Waals surface area contributed by atoms with Crippen molar-refractivity contribution in [2.24, 2.45) is 46.8 Å². The first kappa shape index (κ1) is 13.2. The van der Waals surface area contributed by atoms with E-state index >= 15 is 0 Å². The van der Waals surface area contributed by atoms with Crippen LogP contribution < -0.4 is 0 Å². The zero-order valence-corrected chi connectivity index (χ0v) is 13.1. The van der Waals surface area contributed by atoms with Crippen molar-refractivity contribution in [1.82, 2.24) is 0 Å². The van der Waals surface area contributed by atoms with Crippen LogP contribution in [0.3, 0.4) is 0 Å². The van der Waals surface area contributed by atoms with Gasteiger partial charge >= 0.3 is 5.97 Å². The summed E-state index contributed by atoms with van der Waals surface area (Å²) in [5.41, 5.74) is 0.0856. The first-order chi connectivity index (χ1) is 9.44. The van der Waals surface area contributed by atoms with Crippen LogP contribution >= 0.6 is 0 Å². The lowest BCUT2D eigenvalue weighted by Gasteiger charge is -2.38. The summed E-state index contributed by atoms with van der Waals surface area (Å²) < 4.78 is 5.63. The van der Waals surface area contributed by atoms with Crippen LogP contribution in [0.25, 0.3) is 0 Å². The van der Waals surface area contributed by atoms with Gasteiger partial charge < -0.3 is 4.74 Å². The Labute approximate surface area is 122 Å². The van der Waals surface area contributed by atoms with Gasteiger partial charge in [0.15, 0.2) is 0 Å². The number of rotatable bonds is 2. The molecule has 0 spiro atoms. The molecule has 0 aromatic carbocycles. The Kier molecular flexibility index (Phi) is 2.79. The molecule has 4 rings (SSSR count). The van der Waals surface area contributed by atoms with Gasteiger partial charge in [-0.3, -0.25) is 4.79 Å². The van der Waals surface area contributed by atoms with Gasteiger partial charge in [0, 0.05) is 0 Å². The van der Waals surface area contributed by atoms with Crippen molar-refractivity contribution in [3.8, 4) is 0 Å². The predicted octanol–water partition coefficient (Wildman–Crippen LogP) is 3.89. The molecule has 4 aliphatic carbocycles. The largest absolute Gasteiger partial charge is 0.465 e. The monoisotopic (exact) mass is 276 g/mol. The van der Waals surface area contributed by atoms with Crippen LogP contribution in [-0.4, -0.2) is 12.6 Å². The van der Waals surface area contributed by atoms with Crippen molar-refractivity contribution in [1.29, 1.82) is 0 Å². The van der Waals surface area contributed by atoms with Crippen LogP contribution in [0.4, 0.5) is 0 Å². The Hall–Kier alpha value is -0.530. The molecule has 2 heteroatoms. The lowest BCUT2D eigenvalue weighted by atomic mass is 9.67. The Balaban J connectivity index is 1.44. The highest BCUT2D eigenvalue weighted by Crippen LogP contribution is 2.68. The van der Waals surface area contributed by atoms with E-state index in [0.717, 1.165) is 36.0 Å². The van der Waals surface area contributed by atoms with E-state index < -0.39 is 0 Å². The minimum absolute atomic E-state index is 0.0856. The molecule has 0 radical (unpaired) electrons. The molecule has 0 heterocycles. The molecule has 20 heavy (non-hydrogen) atoms. The van der Waals surface area contributed by atoms with Crippen molar-refractivity contribution in [2.75, 3.05) is 6.61 Å². The second-order valence-electron chi connectivity index (χ2n) is 9.16. The fourth-order valence-electron chi connectivity index (χ4n) is 6.23. The summed E-state index contributed by atoms with van der Waals surface area (Å²) in [6.07, 6.45) is 6.87.